The molecule has 17 heavy (non-hydrogen) atoms. The maximum absolute atomic E-state index is 13.1. The van der Waals surface area contributed by atoms with Gasteiger partial charge in [-0.1, -0.05) is 13.8 Å². The largest absolute Gasteiger partial charge is 0.370 e. The number of aromatic nitrogens is 1. The fourth-order valence-corrected chi connectivity index (χ4v) is 2.52. The Morgan fingerprint density at radius 1 is 1.53 bits per heavy atom. The fourth-order valence-electron chi connectivity index (χ4n) is 2.52. The third-order valence-electron chi connectivity index (χ3n) is 3.43. The number of piperidine rings is 1. The lowest BCUT2D eigenvalue weighted by atomic mass is 9.93. The molecule has 2 heterocycles. The van der Waals surface area contributed by atoms with Crippen LogP contribution in [-0.2, 0) is 0 Å². The van der Waals surface area contributed by atoms with Gasteiger partial charge in [0.1, 0.15) is 5.82 Å². The minimum absolute atomic E-state index is 0.260. The van der Waals surface area contributed by atoms with Gasteiger partial charge in [-0.15, -0.1) is 0 Å². The van der Waals surface area contributed by atoms with Gasteiger partial charge in [0.15, 0.2) is 0 Å². The summed E-state index contributed by atoms with van der Waals surface area (Å²) in [6, 6.07) is 2.14. The van der Waals surface area contributed by atoms with Crippen molar-refractivity contribution in [2.24, 2.45) is 5.92 Å². The quantitative estimate of drug-likeness (QED) is 0.872. The van der Waals surface area contributed by atoms with Crippen LogP contribution in [0.2, 0.25) is 0 Å². The highest BCUT2D eigenvalue weighted by molar-refractivity contribution is 5.44. The Kier molecular flexibility index (Phi) is 3.94. The summed E-state index contributed by atoms with van der Waals surface area (Å²) < 4.78 is 13.1. The van der Waals surface area contributed by atoms with Crippen molar-refractivity contribution in [3.05, 3.63) is 24.3 Å². The molecule has 0 saturated carbocycles. The second-order valence-electron chi connectivity index (χ2n) is 4.74. The summed E-state index contributed by atoms with van der Waals surface area (Å²) in [6.07, 6.45) is 4.09. The molecule has 1 N–H and O–H groups in total. The zero-order valence-electron chi connectivity index (χ0n) is 10.5. The molecule has 1 aromatic rings. The van der Waals surface area contributed by atoms with E-state index in [4.69, 9.17) is 0 Å². The van der Waals surface area contributed by atoms with Crippen LogP contribution in [0.25, 0.3) is 0 Å². The van der Waals surface area contributed by atoms with Crippen molar-refractivity contribution in [2.75, 3.05) is 24.5 Å². The van der Waals surface area contributed by atoms with E-state index in [1.54, 1.807) is 12.3 Å². The molecule has 1 fully saturated rings. The highest BCUT2D eigenvalue weighted by Crippen LogP contribution is 2.23. The summed E-state index contributed by atoms with van der Waals surface area (Å²) >= 11 is 0. The van der Waals surface area contributed by atoms with Crippen molar-refractivity contribution >= 4 is 5.69 Å². The molecule has 3 nitrogen and oxygen atoms in total. The predicted molar refractivity (Wildman–Crippen MR) is 67.7 cm³/mol. The fraction of sp³-hybridized carbons (Fsp3) is 0.615. The molecule has 1 aromatic heterocycles. The van der Waals surface area contributed by atoms with Crippen LogP contribution < -0.4 is 10.2 Å². The van der Waals surface area contributed by atoms with Gasteiger partial charge in [-0.25, -0.2) is 4.39 Å². The lowest BCUT2D eigenvalue weighted by Crippen LogP contribution is -2.48. The molecule has 0 spiro atoms. The van der Waals surface area contributed by atoms with E-state index >= 15 is 0 Å². The first-order valence-electron chi connectivity index (χ1n) is 6.29. The zero-order valence-corrected chi connectivity index (χ0v) is 10.5. The Morgan fingerprint density at radius 3 is 3.00 bits per heavy atom. The first kappa shape index (κ1) is 12.3. The summed E-state index contributed by atoms with van der Waals surface area (Å²) in [5.41, 5.74) is 0.895. The third-order valence-corrected chi connectivity index (χ3v) is 3.43. The van der Waals surface area contributed by atoms with Crippen LogP contribution in [0.3, 0.4) is 0 Å². The molecule has 0 amide bonds. The monoisotopic (exact) mass is 237 g/mol. The van der Waals surface area contributed by atoms with Gasteiger partial charge in [-0.2, -0.15) is 0 Å². The molecule has 0 radical (unpaired) electrons. The van der Waals surface area contributed by atoms with Gasteiger partial charge in [0.2, 0.25) is 0 Å². The smallest absolute Gasteiger partial charge is 0.143 e. The number of halogens is 1. The third kappa shape index (κ3) is 2.94. The molecular weight excluding hydrogens is 217 g/mol. The Balaban J connectivity index is 2.01. The van der Waals surface area contributed by atoms with Crippen LogP contribution in [0.5, 0.6) is 0 Å². The van der Waals surface area contributed by atoms with Crippen LogP contribution in [0, 0.1) is 11.7 Å². The maximum atomic E-state index is 13.1. The Bertz CT molecular complexity index is 369. The van der Waals surface area contributed by atoms with Crippen molar-refractivity contribution in [1.82, 2.24) is 10.3 Å². The molecule has 4 heteroatoms. The Labute approximate surface area is 102 Å². The molecule has 0 aromatic carbocycles. The molecule has 1 saturated heterocycles. The summed E-state index contributed by atoms with van der Waals surface area (Å²) in [5.74, 6) is 0.316. The summed E-state index contributed by atoms with van der Waals surface area (Å²) in [5, 5.41) is 3.50. The van der Waals surface area contributed by atoms with E-state index in [0.717, 1.165) is 31.7 Å². The summed E-state index contributed by atoms with van der Waals surface area (Å²) in [4.78, 5) is 6.12. The van der Waals surface area contributed by atoms with E-state index in [0.29, 0.717) is 12.0 Å². The van der Waals surface area contributed by atoms with E-state index in [2.05, 4.69) is 29.0 Å². The molecular formula is C13H20FN3. The molecule has 2 rings (SSSR count). The Morgan fingerprint density at radius 2 is 2.35 bits per heavy atom. The number of nitrogens with one attached hydrogen (secondary N) is 1. The highest BCUT2D eigenvalue weighted by Gasteiger charge is 2.25. The lowest BCUT2D eigenvalue weighted by Gasteiger charge is -2.38. The minimum Gasteiger partial charge on any atom is -0.370 e. The number of hydrogen-bond acceptors (Lipinski definition) is 3. The average Bonchev–Trinajstić information content (AvgIpc) is 2.32. The topological polar surface area (TPSA) is 28.2 Å². The van der Waals surface area contributed by atoms with Crippen LogP contribution in [0.1, 0.15) is 20.3 Å². The van der Waals surface area contributed by atoms with E-state index in [-0.39, 0.29) is 5.82 Å². The Hall–Kier alpha value is -1.16. The van der Waals surface area contributed by atoms with Crippen molar-refractivity contribution < 1.29 is 4.39 Å². The zero-order chi connectivity index (χ0) is 12.3. The molecule has 2 atom stereocenters. The van der Waals surface area contributed by atoms with Crippen molar-refractivity contribution in [2.45, 2.75) is 26.3 Å². The first-order chi connectivity index (χ1) is 8.20. The SMILES string of the molecule is CCNC1CCN(c2cncc(F)c2)CC1C. The van der Waals surface area contributed by atoms with Crippen molar-refractivity contribution in [3.63, 3.8) is 0 Å². The number of rotatable bonds is 3. The van der Waals surface area contributed by atoms with Gasteiger partial charge >= 0.3 is 0 Å². The van der Waals surface area contributed by atoms with Gasteiger partial charge in [-0.05, 0) is 18.9 Å². The van der Waals surface area contributed by atoms with E-state index in [1.165, 1.54) is 6.20 Å². The van der Waals surface area contributed by atoms with Crippen LogP contribution in [-0.4, -0.2) is 30.7 Å². The van der Waals surface area contributed by atoms with Crippen LogP contribution in [0.4, 0.5) is 10.1 Å². The summed E-state index contributed by atoms with van der Waals surface area (Å²) in [7, 11) is 0. The maximum Gasteiger partial charge on any atom is 0.143 e. The predicted octanol–water partition coefficient (Wildman–Crippen LogP) is 2.04. The number of hydrogen-bond donors (Lipinski definition) is 1. The lowest BCUT2D eigenvalue weighted by molar-refractivity contribution is 0.326. The van der Waals surface area contributed by atoms with Crippen molar-refractivity contribution in [3.8, 4) is 0 Å². The number of nitrogens with zero attached hydrogens (tertiary/aromatic N) is 2. The van der Waals surface area contributed by atoms with Gasteiger partial charge in [0, 0.05) is 25.2 Å². The van der Waals surface area contributed by atoms with Gasteiger partial charge in [-0.3, -0.25) is 4.98 Å². The summed E-state index contributed by atoms with van der Waals surface area (Å²) in [6.45, 7) is 7.31. The first-order valence-corrected chi connectivity index (χ1v) is 6.29. The molecule has 1 aliphatic rings. The van der Waals surface area contributed by atoms with Crippen LogP contribution >= 0.6 is 0 Å². The average molecular weight is 237 g/mol. The molecule has 0 aliphatic carbocycles. The highest BCUT2D eigenvalue weighted by atomic mass is 19.1. The number of anilines is 1. The molecule has 2 unspecified atom stereocenters. The molecule has 1 aliphatic heterocycles. The second kappa shape index (κ2) is 5.45. The number of pyridine rings is 1. The second-order valence-corrected chi connectivity index (χ2v) is 4.74. The van der Waals surface area contributed by atoms with E-state index in [1.807, 2.05) is 0 Å². The van der Waals surface area contributed by atoms with Gasteiger partial charge in [0.05, 0.1) is 18.1 Å². The normalized spacial score (nSPS) is 25.0. The standard InChI is InChI=1S/C13H20FN3/c1-3-16-13-4-5-17(9-10(13)2)12-6-11(14)7-15-8-12/h6-8,10,13,16H,3-5,9H2,1-2H3. The molecule has 94 valence electrons. The van der Waals surface area contributed by atoms with Crippen LogP contribution in [0.15, 0.2) is 18.5 Å². The van der Waals surface area contributed by atoms with Gasteiger partial charge < -0.3 is 10.2 Å². The van der Waals surface area contributed by atoms with Gasteiger partial charge in [0.25, 0.3) is 0 Å². The van der Waals surface area contributed by atoms with Crippen molar-refractivity contribution in [1.29, 1.82) is 0 Å². The minimum atomic E-state index is -0.260. The molecule has 0 bridgehead atoms. The van der Waals surface area contributed by atoms with E-state index in [9.17, 15) is 4.39 Å². The van der Waals surface area contributed by atoms with E-state index < -0.39 is 0 Å².